The summed E-state index contributed by atoms with van der Waals surface area (Å²) >= 11 is 0. The van der Waals surface area contributed by atoms with Crippen LogP contribution in [0.4, 0.5) is 0 Å². The number of allylic oxidation sites excluding steroid dienone is 2. The van der Waals surface area contributed by atoms with Crippen molar-refractivity contribution in [2.75, 3.05) is 0 Å². The van der Waals surface area contributed by atoms with Gasteiger partial charge < -0.3 is 30.4 Å². The molecule has 5 heterocycles. The second-order valence-corrected chi connectivity index (χ2v) is 13.0. The summed E-state index contributed by atoms with van der Waals surface area (Å²) in [6.45, 7) is 7.68. The van der Waals surface area contributed by atoms with E-state index in [1.54, 1.807) is 0 Å². The van der Waals surface area contributed by atoms with E-state index in [2.05, 4.69) is 9.97 Å². The molecule has 0 saturated heterocycles. The third kappa shape index (κ3) is 7.17. The molecule has 5 rings (SSSR count). The number of nitrogens with zero attached hydrogens (tertiary/aromatic N) is 2. The quantitative estimate of drug-likeness (QED) is 0.131. The van der Waals surface area contributed by atoms with Gasteiger partial charge in [0.25, 0.3) is 0 Å². The third-order valence-electron chi connectivity index (χ3n) is 9.55. The minimum atomic E-state index is -0.940. The third-order valence-corrected chi connectivity index (χ3v) is 9.55. The molecular formula is C36H40N4O8. The van der Waals surface area contributed by atoms with Gasteiger partial charge in [-0.1, -0.05) is 6.92 Å². The first-order chi connectivity index (χ1) is 22.6. The number of H-pyrrole nitrogens is 2. The Morgan fingerprint density at radius 3 is 1.73 bits per heavy atom. The van der Waals surface area contributed by atoms with Crippen molar-refractivity contribution in [3.8, 4) is 0 Å². The summed E-state index contributed by atoms with van der Waals surface area (Å²) in [6.07, 6.45) is 1.24. The van der Waals surface area contributed by atoms with Crippen LogP contribution in [-0.4, -0.2) is 64.2 Å². The highest BCUT2D eigenvalue weighted by Crippen LogP contribution is 2.38. The summed E-state index contributed by atoms with van der Waals surface area (Å²) < 4.78 is 0. The van der Waals surface area contributed by atoms with Crippen molar-refractivity contribution in [3.05, 3.63) is 69.3 Å². The molecule has 12 nitrogen and oxygen atoms in total. The van der Waals surface area contributed by atoms with E-state index in [-0.39, 0.29) is 44.9 Å². The molecule has 0 spiro atoms. The largest absolute Gasteiger partial charge is 0.481 e. The van der Waals surface area contributed by atoms with Crippen LogP contribution in [-0.2, 0) is 43.9 Å². The number of carboxylic acids is 4. The molecule has 12 heteroatoms. The van der Waals surface area contributed by atoms with Crippen molar-refractivity contribution in [3.63, 3.8) is 0 Å². The van der Waals surface area contributed by atoms with E-state index < -0.39 is 29.3 Å². The number of carboxylic acid groups (broad SMARTS) is 4. The Hall–Kier alpha value is -5.26. The summed E-state index contributed by atoms with van der Waals surface area (Å²) in [4.78, 5) is 63.3. The molecule has 252 valence electrons. The second-order valence-electron chi connectivity index (χ2n) is 13.0. The van der Waals surface area contributed by atoms with Crippen molar-refractivity contribution in [1.29, 1.82) is 0 Å². The fourth-order valence-corrected chi connectivity index (χ4v) is 6.72. The first kappa shape index (κ1) is 34.1. The van der Waals surface area contributed by atoms with Gasteiger partial charge in [0.05, 0.1) is 11.4 Å². The number of hydrogen-bond donors (Lipinski definition) is 6. The zero-order chi connectivity index (χ0) is 34.9. The molecule has 1 unspecified atom stereocenters. The molecule has 3 aromatic rings. The molecular weight excluding hydrogens is 616 g/mol. The second kappa shape index (κ2) is 13.5. The average molecular weight is 657 g/mol. The van der Waals surface area contributed by atoms with E-state index in [0.29, 0.717) is 46.5 Å². The predicted molar refractivity (Wildman–Crippen MR) is 180 cm³/mol. The molecule has 2 aliphatic rings. The lowest BCUT2D eigenvalue weighted by Gasteiger charge is -2.22. The van der Waals surface area contributed by atoms with Crippen LogP contribution in [0.2, 0.25) is 0 Å². The van der Waals surface area contributed by atoms with Crippen LogP contribution in [0.5, 0.6) is 0 Å². The fourth-order valence-electron chi connectivity index (χ4n) is 6.72. The molecule has 0 aromatic carbocycles. The minimum absolute atomic E-state index is 0.0610. The first-order valence-electron chi connectivity index (χ1n) is 16.0. The summed E-state index contributed by atoms with van der Waals surface area (Å²) in [6, 6.07) is 7.53. The normalized spacial score (nSPS) is 15.9. The first-order valence-corrected chi connectivity index (χ1v) is 16.0. The van der Waals surface area contributed by atoms with Crippen LogP contribution in [0.3, 0.4) is 0 Å². The highest BCUT2D eigenvalue weighted by Gasteiger charge is 2.34. The summed E-state index contributed by atoms with van der Waals surface area (Å²) in [7, 11) is 0. The number of aryl methyl sites for hydroxylation is 4. The zero-order valence-corrected chi connectivity index (χ0v) is 27.5. The summed E-state index contributed by atoms with van der Waals surface area (Å²) in [5.74, 6) is -3.72. The van der Waals surface area contributed by atoms with Crippen molar-refractivity contribution in [1.82, 2.24) is 19.9 Å². The van der Waals surface area contributed by atoms with Gasteiger partial charge >= 0.3 is 23.9 Å². The molecule has 0 radical (unpaired) electrons. The maximum atomic E-state index is 11.7. The molecule has 0 fully saturated rings. The van der Waals surface area contributed by atoms with Gasteiger partial charge in [0, 0.05) is 71.0 Å². The Kier molecular flexibility index (Phi) is 9.56. The maximum Gasteiger partial charge on any atom is 0.303 e. The Morgan fingerprint density at radius 1 is 0.667 bits per heavy atom. The number of aromatic nitrogens is 4. The zero-order valence-electron chi connectivity index (χ0n) is 27.5. The molecule has 2 aliphatic heterocycles. The van der Waals surface area contributed by atoms with Gasteiger partial charge in [0.1, 0.15) is 0 Å². The Labute approximate surface area is 276 Å². The maximum absolute atomic E-state index is 11.7. The van der Waals surface area contributed by atoms with Gasteiger partial charge in [0.15, 0.2) is 0 Å². The van der Waals surface area contributed by atoms with Crippen molar-refractivity contribution < 1.29 is 39.6 Å². The Morgan fingerprint density at radius 2 is 1.17 bits per heavy atom. The number of aromatic amines is 2. The smallest absolute Gasteiger partial charge is 0.303 e. The number of fused-ring (bicyclic) bond motifs is 8. The topological polar surface area (TPSA) is 207 Å². The molecule has 0 aliphatic carbocycles. The van der Waals surface area contributed by atoms with Gasteiger partial charge in [-0.15, -0.1) is 0 Å². The molecule has 6 N–H and O–H groups in total. The van der Waals surface area contributed by atoms with Crippen LogP contribution < -0.4 is 0 Å². The van der Waals surface area contributed by atoms with Crippen molar-refractivity contribution in [2.24, 2.45) is 0 Å². The van der Waals surface area contributed by atoms with Gasteiger partial charge in [-0.05, 0) is 104 Å². The van der Waals surface area contributed by atoms with E-state index in [1.807, 2.05) is 52.0 Å². The van der Waals surface area contributed by atoms with Gasteiger partial charge in [0.2, 0.25) is 0 Å². The molecule has 0 amide bonds. The SMILES string of the molecule is CC1=C(CCC(=O)O)c2cc3[nH]c(cc4nc(cc5[nH]c(cc1n2)c(CCC(=O)O)c5C)CC4(C)CCC(=O)O)c(CCC(=O)O)c3C. The van der Waals surface area contributed by atoms with Crippen LogP contribution in [0, 0.1) is 13.8 Å². The van der Waals surface area contributed by atoms with E-state index in [4.69, 9.17) is 9.97 Å². The number of nitrogens with one attached hydrogen (secondary N) is 2. The van der Waals surface area contributed by atoms with Crippen molar-refractivity contribution in [2.45, 2.75) is 90.9 Å². The number of aliphatic carboxylic acids is 4. The minimum Gasteiger partial charge on any atom is -0.481 e. The van der Waals surface area contributed by atoms with E-state index in [0.717, 1.165) is 44.6 Å². The van der Waals surface area contributed by atoms with E-state index in [9.17, 15) is 39.6 Å². The van der Waals surface area contributed by atoms with Crippen LogP contribution in [0.1, 0.15) is 97.4 Å². The van der Waals surface area contributed by atoms with Crippen molar-refractivity contribution >= 4 is 57.1 Å². The highest BCUT2D eigenvalue weighted by molar-refractivity contribution is 5.94. The molecule has 0 saturated carbocycles. The molecule has 48 heavy (non-hydrogen) atoms. The Bertz CT molecular complexity index is 2040. The highest BCUT2D eigenvalue weighted by atomic mass is 16.4. The number of rotatable bonds is 12. The van der Waals surface area contributed by atoms with Crippen LogP contribution in [0.15, 0.2) is 24.3 Å². The van der Waals surface area contributed by atoms with Crippen LogP contribution in [0.25, 0.3) is 33.2 Å². The van der Waals surface area contributed by atoms with Gasteiger partial charge in [-0.3, -0.25) is 24.2 Å². The summed E-state index contributed by atoms with van der Waals surface area (Å²) in [5, 5.41) is 38.1. The lowest BCUT2D eigenvalue weighted by atomic mass is 9.80. The average Bonchev–Trinajstić information content (AvgIpc) is 3.66. The Balaban J connectivity index is 1.89. The van der Waals surface area contributed by atoms with Gasteiger partial charge in [-0.25, -0.2) is 4.98 Å². The standard InChI is InChI=1S/C36H40N4O8/c1-18-22(5-8-32(41)42)28-14-26-19(2)23(6-9-33(43)44)29(39-26)15-27-20(3)24(7-10-34(45)46)30(40-27)16-31-36(4,12-11-35(47)48)17-21(37-31)13-25(18)38-28/h13-16,38,40H,5-12,17H2,1-4H3,(H,41,42)(H,43,44)(H,45,46)(H,47,48). The molecule has 8 bridgehead atoms. The monoisotopic (exact) mass is 656 g/mol. The lowest BCUT2D eigenvalue weighted by Crippen LogP contribution is -2.22. The van der Waals surface area contributed by atoms with Crippen LogP contribution >= 0.6 is 0 Å². The predicted octanol–water partition coefficient (Wildman–Crippen LogP) is 6.13. The summed E-state index contributed by atoms with van der Waals surface area (Å²) in [5.41, 5.74) is 9.65. The fraction of sp³-hybridized carbons (Fsp3) is 0.389. The van der Waals surface area contributed by atoms with E-state index in [1.165, 1.54) is 0 Å². The number of carbonyl (C=O) groups is 4. The molecule has 1 atom stereocenters. The van der Waals surface area contributed by atoms with Gasteiger partial charge in [-0.2, -0.15) is 0 Å². The van der Waals surface area contributed by atoms with E-state index >= 15 is 0 Å². The molecule has 3 aromatic heterocycles. The number of hydrogen-bond acceptors (Lipinski definition) is 6. The lowest BCUT2D eigenvalue weighted by molar-refractivity contribution is -0.138.